The topological polar surface area (TPSA) is 58.6 Å². The van der Waals surface area contributed by atoms with Gasteiger partial charge >= 0.3 is 0 Å². The number of benzene rings is 2. The van der Waals surface area contributed by atoms with E-state index in [0.717, 1.165) is 12.0 Å². The number of carbonyl (C=O) groups is 2. The van der Waals surface area contributed by atoms with Crippen LogP contribution in [0.25, 0.3) is 0 Å². The molecule has 0 fully saturated rings. The Labute approximate surface area is 178 Å². The molecule has 0 saturated carbocycles. The average molecular weight is 417 g/mol. The van der Waals surface area contributed by atoms with Crippen LogP contribution in [-0.4, -0.2) is 42.5 Å². The number of nitrogens with one attached hydrogen (secondary N) is 1. The first-order valence-corrected chi connectivity index (χ1v) is 10.4. The third-order valence-electron chi connectivity index (χ3n) is 4.58. The first-order chi connectivity index (χ1) is 14.0. The number of rotatable bonds is 11. The molecule has 0 bridgehead atoms. The summed E-state index contributed by atoms with van der Waals surface area (Å²) in [5.74, 6) is 0.176. The Morgan fingerprint density at radius 2 is 1.86 bits per heavy atom. The molecule has 0 heterocycles. The summed E-state index contributed by atoms with van der Waals surface area (Å²) in [6.45, 7) is 4.80. The van der Waals surface area contributed by atoms with Crippen LogP contribution in [0, 0.1) is 0 Å². The van der Waals surface area contributed by atoms with Crippen molar-refractivity contribution in [2.24, 2.45) is 0 Å². The van der Waals surface area contributed by atoms with Gasteiger partial charge in [-0.25, -0.2) is 0 Å². The normalized spacial score (nSPS) is 11.6. The summed E-state index contributed by atoms with van der Waals surface area (Å²) in [7, 11) is 0. The highest BCUT2D eigenvalue weighted by atomic mass is 35.5. The Balaban J connectivity index is 2.10. The summed E-state index contributed by atoms with van der Waals surface area (Å²) in [5.41, 5.74) is 1.12. The Hall–Kier alpha value is -2.53. The van der Waals surface area contributed by atoms with Crippen LogP contribution < -0.4 is 10.1 Å². The van der Waals surface area contributed by atoms with Crippen molar-refractivity contribution >= 4 is 23.4 Å². The number of carbonyl (C=O) groups excluding carboxylic acids is 2. The fourth-order valence-electron chi connectivity index (χ4n) is 3.05. The molecule has 5 nitrogen and oxygen atoms in total. The van der Waals surface area contributed by atoms with E-state index in [-0.39, 0.29) is 18.4 Å². The smallest absolute Gasteiger partial charge is 0.261 e. The van der Waals surface area contributed by atoms with Crippen molar-refractivity contribution in [2.75, 3.05) is 19.7 Å². The van der Waals surface area contributed by atoms with Gasteiger partial charge in [-0.05, 0) is 43.0 Å². The highest BCUT2D eigenvalue weighted by Crippen LogP contribution is 2.17. The zero-order valence-corrected chi connectivity index (χ0v) is 17.8. The number of ether oxygens (including phenoxy) is 1. The fourth-order valence-corrected chi connectivity index (χ4v) is 3.23. The summed E-state index contributed by atoms with van der Waals surface area (Å²) in [4.78, 5) is 27.3. The minimum Gasteiger partial charge on any atom is -0.484 e. The molecule has 1 N–H and O–H groups in total. The van der Waals surface area contributed by atoms with E-state index in [9.17, 15) is 9.59 Å². The van der Waals surface area contributed by atoms with E-state index in [1.807, 2.05) is 44.2 Å². The molecule has 0 unspecified atom stereocenters. The summed E-state index contributed by atoms with van der Waals surface area (Å²) in [6, 6.07) is 16.3. The molecule has 2 aromatic rings. The van der Waals surface area contributed by atoms with Gasteiger partial charge in [-0.1, -0.05) is 61.8 Å². The molecule has 0 aliphatic carbocycles. The van der Waals surface area contributed by atoms with Crippen molar-refractivity contribution < 1.29 is 14.3 Å². The second kappa shape index (κ2) is 12.1. The van der Waals surface area contributed by atoms with E-state index in [4.69, 9.17) is 16.3 Å². The van der Waals surface area contributed by atoms with Gasteiger partial charge in [0.25, 0.3) is 5.91 Å². The lowest BCUT2D eigenvalue weighted by molar-refractivity contribution is -0.142. The van der Waals surface area contributed by atoms with Crippen molar-refractivity contribution in [3.8, 4) is 5.75 Å². The minimum absolute atomic E-state index is 0.126. The minimum atomic E-state index is -0.527. The monoisotopic (exact) mass is 416 g/mol. The number of hydrogen-bond donors (Lipinski definition) is 1. The van der Waals surface area contributed by atoms with Gasteiger partial charge in [0.05, 0.1) is 0 Å². The van der Waals surface area contributed by atoms with Gasteiger partial charge in [-0.3, -0.25) is 9.59 Å². The maximum absolute atomic E-state index is 13.0. The lowest BCUT2D eigenvalue weighted by Crippen LogP contribution is -2.51. The summed E-state index contributed by atoms with van der Waals surface area (Å²) in [5, 5.41) is 3.45. The maximum Gasteiger partial charge on any atom is 0.261 e. The van der Waals surface area contributed by atoms with E-state index in [0.29, 0.717) is 36.7 Å². The molecular weight excluding hydrogens is 388 g/mol. The van der Waals surface area contributed by atoms with Crippen LogP contribution >= 0.6 is 11.6 Å². The predicted molar refractivity (Wildman–Crippen MR) is 116 cm³/mol. The van der Waals surface area contributed by atoms with Crippen LogP contribution in [0.5, 0.6) is 5.75 Å². The van der Waals surface area contributed by atoms with Crippen LogP contribution in [0.4, 0.5) is 0 Å². The molecule has 0 saturated heterocycles. The molecule has 0 aliphatic heterocycles. The third kappa shape index (κ3) is 7.42. The lowest BCUT2D eigenvalue weighted by atomic mass is 10.1. The summed E-state index contributed by atoms with van der Waals surface area (Å²) < 4.78 is 5.63. The van der Waals surface area contributed by atoms with Crippen LogP contribution in [0.2, 0.25) is 5.02 Å². The molecule has 2 amide bonds. The maximum atomic E-state index is 13.0. The van der Waals surface area contributed by atoms with Crippen LogP contribution in [0.3, 0.4) is 0 Å². The second-order valence-electron chi connectivity index (χ2n) is 6.78. The van der Waals surface area contributed by atoms with Gasteiger partial charge in [-0.2, -0.15) is 0 Å². The molecule has 2 rings (SSSR count). The molecule has 6 heteroatoms. The van der Waals surface area contributed by atoms with Gasteiger partial charge in [-0.15, -0.1) is 0 Å². The number of halogens is 1. The fraction of sp³-hybridized carbons (Fsp3) is 0.391. The Morgan fingerprint density at radius 3 is 2.52 bits per heavy atom. The third-order valence-corrected chi connectivity index (χ3v) is 4.81. The van der Waals surface area contributed by atoms with Crippen molar-refractivity contribution in [2.45, 2.75) is 39.2 Å². The van der Waals surface area contributed by atoms with Gasteiger partial charge in [0.15, 0.2) is 6.61 Å². The van der Waals surface area contributed by atoms with E-state index < -0.39 is 6.04 Å². The van der Waals surface area contributed by atoms with E-state index >= 15 is 0 Å². The number of hydrogen-bond acceptors (Lipinski definition) is 3. The number of nitrogens with zero attached hydrogens (tertiary/aromatic N) is 1. The highest BCUT2D eigenvalue weighted by Gasteiger charge is 2.28. The van der Waals surface area contributed by atoms with Crippen LogP contribution in [0.1, 0.15) is 32.3 Å². The summed E-state index contributed by atoms with van der Waals surface area (Å²) >= 11 is 5.97. The second-order valence-corrected chi connectivity index (χ2v) is 7.22. The average Bonchev–Trinajstić information content (AvgIpc) is 2.74. The Kier molecular flexibility index (Phi) is 9.51. The molecular formula is C23H29ClN2O3. The SMILES string of the molecule is CCCNC(=O)[C@H](CC)N(CCc1ccccc1)C(=O)COc1cccc(Cl)c1. The Morgan fingerprint density at radius 1 is 1.10 bits per heavy atom. The van der Waals surface area contributed by atoms with E-state index in [2.05, 4.69) is 5.32 Å². The Bertz CT molecular complexity index is 783. The zero-order valence-electron chi connectivity index (χ0n) is 17.1. The first-order valence-electron chi connectivity index (χ1n) is 10.0. The van der Waals surface area contributed by atoms with Crippen molar-refractivity contribution in [3.05, 3.63) is 65.2 Å². The predicted octanol–water partition coefficient (Wildman–Crippen LogP) is 4.09. The van der Waals surface area contributed by atoms with Crippen molar-refractivity contribution in [1.82, 2.24) is 10.2 Å². The van der Waals surface area contributed by atoms with Gasteiger partial charge in [0.1, 0.15) is 11.8 Å². The van der Waals surface area contributed by atoms with E-state index in [1.54, 1.807) is 29.2 Å². The molecule has 29 heavy (non-hydrogen) atoms. The zero-order chi connectivity index (χ0) is 21.1. The number of amides is 2. The molecule has 0 aliphatic rings. The highest BCUT2D eigenvalue weighted by molar-refractivity contribution is 6.30. The lowest BCUT2D eigenvalue weighted by Gasteiger charge is -2.30. The molecule has 0 radical (unpaired) electrons. The van der Waals surface area contributed by atoms with Gasteiger partial charge in [0.2, 0.25) is 5.91 Å². The van der Waals surface area contributed by atoms with Crippen LogP contribution in [0.15, 0.2) is 54.6 Å². The molecule has 1 atom stereocenters. The molecule has 156 valence electrons. The standard InChI is InChI=1S/C23H29ClN2O3/c1-3-14-25-23(28)21(4-2)26(15-13-18-9-6-5-7-10-18)22(27)17-29-20-12-8-11-19(24)16-20/h5-12,16,21H,3-4,13-15,17H2,1-2H3,(H,25,28)/t21-/m0/s1. The van der Waals surface area contributed by atoms with Crippen molar-refractivity contribution in [3.63, 3.8) is 0 Å². The van der Waals surface area contributed by atoms with E-state index in [1.165, 1.54) is 0 Å². The quantitative estimate of drug-likeness (QED) is 0.600. The molecule has 0 spiro atoms. The molecule has 2 aromatic carbocycles. The largest absolute Gasteiger partial charge is 0.484 e. The van der Waals surface area contributed by atoms with Gasteiger partial charge in [0, 0.05) is 18.1 Å². The van der Waals surface area contributed by atoms with Gasteiger partial charge < -0.3 is 15.0 Å². The first kappa shape index (κ1) is 22.8. The molecule has 0 aromatic heterocycles. The van der Waals surface area contributed by atoms with Crippen molar-refractivity contribution in [1.29, 1.82) is 0 Å². The summed E-state index contributed by atoms with van der Waals surface area (Å²) in [6.07, 6.45) is 2.05. The van der Waals surface area contributed by atoms with Crippen LogP contribution in [-0.2, 0) is 16.0 Å².